The lowest BCUT2D eigenvalue weighted by molar-refractivity contribution is -0.946. The molecule has 17 heavy (non-hydrogen) atoms. The molecule has 1 aliphatic heterocycles. The van der Waals surface area contributed by atoms with Gasteiger partial charge in [-0.15, -0.1) is 0 Å². The molecule has 1 aromatic rings. The van der Waals surface area contributed by atoms with Crippen molar-refractivity contribution in [3.05, 3.63) is 18.0 Å². The molecule has 0 aliphatic carbocycles. The van der Waals surface area contributed by atoms with Crippen LogP contribution in [-0.2, 0) is 7.05 Å². The van der Waals surface area contributed by atoms with Crippen LogP contribution in [0.15, 0.2) is 12.4 Å². The Hall–Kier alpha value is -0.870. The first-order chi connectivity index (χ1) is 8.10. The van der Waals surface area contributed by atoms with Gasteiger partial charge in [0.15, 0.2) is 0 Å². The number of hydrogen-bond acceptors (Lipinski definition) is 2. The maximum absolute atomic E-state index is 5.98. The summed E-state index contributed by atoms with van der Waals surface area (Å²) in [6.07, 6.45) is 6.72. The second kappa shape index (κ2) is 4.78. The summed E-state index contributed by atoms with van der Waals surface area (Å²) in [6.45, 7) is 5.48. The van der Waals surface area contributed by atoms with E-state index in [0.717, 1.165) is 17.6 Å². The van der Waals surface area contributed by atoms with Crippen molar-refractivity contribution in [3.63, 3.8) is 0 Å². The highest BCUT2D eigenvalue weighted by atomic mass is 15.4. The maximum atomic E-state index is 5.98. The molecule has 3 atom stereocenters. The standard InChI is InChI=1S/C13H25N4/c1-4-17(3)7-5-6-11(8-14)13(17)12-9-15-16(2)10-12/h9-11,13H,4-8,14H2,1-3H3/q+1. The van der Waals surface area contributed by atoms with Crippen LogP contribution in [0.3, 0.4) is 0 Å². The van der Waals surface area contributed by atoms with E-state index in [4.69, 9.17) is 5.73 Å². The molecule has 1 saturated heterocycles. The first kappa shape index (κ1) is 12.6. The Kier molecular flexibility index (Phi) is 3.54. The lowest BCUT2D eigenvalue weighted by atomic mass is 9.84. The highest BCUT2D eigenvalue weighted by molar-refractivity contribution is 5.10. The Labute approximate surface area is 104 Å². The molecule has 0 aromatic carbocycles. The van der Waals surface area contributed by atoms with Crippen LogP contribution in [-0.4, -0.2) is 40.9 Å². The third-order valence-electron chi connectivity index (χ3n) is 4.45. The van der Waals surface area contributed by atoms with E-state index in [1.54, 1.807) is 0 Å². The molecule has 3 unspecified atom stereocenters. The molecule has 2 N–H and O–H groups in total. The van der Waals surface area contributed by atoms with Gasteiger partial charge in [0.25, 0.3) is 0 Å². The number of aromatic nitrogens is 2. The van der Waals surface area contributed by atoms with Crippen LogP contribution < -0.4 is 5.73 Å². The normalized spacial score (nSPS) is 33.9. The molecular formula is C13H25N4+. The number of piperidine rings is 1. The first-order valence-electron chi connectivity index (χ1n) is 6.63. The maximum Gasteiger partial charge on any atom is 0.122 e. The number of likely N-dealkylation sites (tertiary alicyclic amines) is 1. The third-order valence-corrected chi connectivity index (χ3v) is 4.45. The van der Waals surface area contributed by atoms with Crippen molar-refractivity contribution in [2.75, 3.05) is 26.7 Å². The molecule has 4 heteroatoms. The van der Waals surface area contributed by atoms with Crippen molar-refractivity contribution in [1.29, 1.82) is 0 Å². The Balaban J connectivity index is 2.35. The van der Waals surface area contributed by atoms with Crippen molar-refractivity contribution in [3.8, 4) is 0 Å². The van der Waals surface area contributed by atoms with Gasteiger partial charge in [0, 0.05) is 31.3 Å². The summed E-state index contributed by atoms with van der Waals surface area (Å²) in [5, 5.41) is 4.33. The summed E-state index contributed by atoms with van der Waals surface area (Å²) < 4.78 is 3.01. The predicted molar refractivity (Wildman–Crippen MR) is 69.3 cm³/mol. The third kappa shape index (κ3) is 2.24. The smallest absolute Gasteiger partial charge is 0.122 e. The Morgan fingerprint density at radius 2 is 2.35 bits per heavy atom. The Morgan fingerprint density at radius 3 is 2.88 bits per heavy atom. The molecule has 0 saturated carbocycles. The minimum absolute atomic E-state index is 0.521. The summed E-state index contributed by atoms with van der Waals surface area (Å²) in [4.78, 5) is 0. The molecular weight excluding hydrogens is 212 g/mol. The van der Waals surface area contributed by atoms with Crippen LogP contribution in [0.5, 0.6) is 0 Å². The predicted octanol–water partition coefficient (Wildman–Crippen LogP) is 1.30. The van der Waals surface area contributed by atoms with Gasteiger partial charge in [0.05, 0.1) is 26.3 Å². The molecule has 2 heterocycles. The second-order valence-corrected chi connectivity index (χ2v) is 5.55. The highest BCUT2D eigenvalue weighted by Gasteiger charge is 2.42. The average molecular weight is 237 g/mol. The van der Waals surface area contributed by atoms with Crippen LogP contribution >= 0.6 is 0 Å². The van der Waals surface area contributed by atoms with Crippen molar-refractivity contribution in [1.82, 2.24) is 9.78 Å². The van der Waals surface area contributed by atoms with E-state index in [1.165, 1.54) is 24.9 Å². The SMILES string of the molecule is CC[N+]1(C)CCCC(CN)C1c1cnn(C)c1. The zero-order valence-corrected chi connectivity index (χ0v) is 11.3. The van der Waals surface area contributed by atoms with Gasteiger partial charge in [-0.25, -0.2) is 0 Å². The molecule has 96 valence electrons. The van der Waals surface area contributed by atoms with Gasteiger partial charge in [-0.05, 0) is 19.8 Å². The second-order valence-electron chi connectivity index (χ2n) is 5.55. The Morgan fingerprint density at radius 1 is 1.59 bits per heavy atom. The molecule has 4 nitrogen and oxygen atoms in total. The lowest BCUT2D eigenvalue weighted by Gasteiger charge is -2.47. The van der Waals surface area contributed by atoms with Crippen LogP contribution in [0, 0.1) is 5.92 Å². The van der Waals surface area contributed by atoms with Crippen LogP contribution in [0.4, 0.5) is 0 Å². The van der Waals surface area contributed by atoms with Gasteiger partial charge in [-0.3, -0.25) is 4.68 Å². The molecule has 1 fully saturated rings. The zero-order chi connectivity index (χ0) is 12.5. The van der Waals surface area contributed by atoms with Crippen LogP contribution in [0.1, 0.15) is 31.4 Å². The fourth-order valence-electron chi connectivity index (χ4n) is 3.35. The molecule has 0 spiro atoms. The van der Waals surface area contributed by atoms with E-state index >= 15 is 0 Å². The number of nitrogens with two attached hydrogens (primary N) is 1. The largest absolute Gasteiger partial charge is 0.330 e. The number of aryl methyl sites for hydroxylation is 1. The minimum atomic E-state index is 0.521. The Bertz CT molecular complexity index is 373. The number of nitrogens with zero attached hydrogens (tertiary/aromatic N) is 3. The number of rotatable bonds is 3. The van der Waals surface area contributed by atoms with Crippen molar-refractivity contribution in [2.24, 2.45) is 18.7 Å². The van der Waals surface area contributed by atoms with Crippen LogP contribution in [0.25, 0.3) is 0 Å². The molecule has 1 aromatic heterocycles. The minimum Gasteiger partial charge on any atom is -0.330 e. The van der Waals surface area contributed by atoms with Gasteiger partial charge >= 0.3 is 0 Å². The van der Waals surface area contributed by atoms with E-state index in [1.807, 2.05) is 17.9 Å². The fourth-order valence-corrected chi connectivity index (χ4v) is 3.35. The molecule has 0 bridgehead atoms. The summed E-state index contributed by atoms with van der Waals surface area (Å²) in [6, 6.07) is 0.521. The zero-order valence-electron chi connectivity index (χ0n) is 11.3. The molecule has 0 radical (unpaired) electrons. The summed E-state index contributed by atoms with van der Waals surface area (Å²) in [7, 11) is 4.35. The van der Waals surface area contributed by atoms with Gasteiger partial charge in [0.2, 0.25) is 0 Å². The molecule has 1 aliphatic rings. The molecule has 0 amide bonds. The van der Waals surface area contributed by atoms with Crippen molar-refractivity contribution >= 4 is 0 Å². The summed E-state index contributed by atoms with van der Waals surface area (Å²) >= 11 is 0. The van der Waals surface area contributed by atoms with Crippen LogP contribution in [0.2, 0.25) is 0 Å². The monoisotopic (exact) mass is 237 g/mol. The summed E-state index contributed by atoms with van der Waals surface area (Å²) in [5.74, 6) is 0.595. The average Bonchev–Trinajstić information content (AvgIpc) is 2.75. The van der Waals surface area contributed by atoms with E-state index in [-0.39, 0.29) is 0 Å². The van der Waals surface area contributed by atoms with Crippen molar-refractivity contribution in [2.45, 2.75) is 25.8 Å². The molecule has 2 rings (SSSR count). The quantitative estimate of drug-likeness (QED) is 0.805. The highest BCUT2D eigenvalue weighted by Crippen LogP contribution is 2.39. The fraction of sp³-hybridized carbons (Fsp3) is 0.769. The van der Waals surface area contributed by atoms with E-state index in [2.05, 4.69) is 25.3 Å². The van der Waals surface area contributed by atoms with E-state index in [9.17, 15) is 0 Å². The van der Waals surface area contributed by atoms with E-state index in [0.29, 0.717) is 12.0 Å². The topological polar surface area (TPSA) is 43.8 Å². The van der Waals surface area contributed by atoms with Gasteiger partial charge in [0.1, 0.15) is 6.04 Å². The van der Waals surface area contributed by atoms with Gasteiger partial charge in [-0.1, -0.05) is 0 Å². The lowest BCUT2D eigenvalue weighted by Crippen LogP contribution is -2.54. The first-order valence-corrected chi connectivity index (χ1v) is 6.63. The summed E-state index contributed by atoms with van der Waals surface area (Å²) in [5.41, 5.74) is 7.33. The van der Waals surface area contributed by atoms with Gasteiger partial charge in [-0.2, -0.15) is 5.10 Å². The van der Waals surface area contributed by atoms with E-state index < -0.39 is 0 Å². The number of hydrogen-bond donors (Lipinski definition) is 1. The van der Waals surface area contributed by atoms with Crippen molar-refractivity contribution < 1.29 is 4.48 Å². The number of quaternary nitrogens is 1. The van der Waals surface area contributed by atoms with Gasteiger partial charge < -0.3 is 10.2 Å².